The first kappa shape index (κ1) is 18.3. The van der Waals surface area contributed by atoms with Crippen LogP contribution in [0.15, 0.2) is 0 Å². The van der Waals surface area contributed by atoms with Gasteiger partial charge < -0.3 is 14.5 Å². The van der Waals surface area contributed by atoms with Crippen LogP contribution in [0.25, 0.3) is 0 Å². The summed E-state index contributed by atoms with van der Waals surface area (Å²) in [4.78, 5) is 27.3. The van der Waals surface area contributed by atoms with Gasteiger partial charge in [0.2, 0.25) is 15.0 Å². The molecule has 2 amide bonds. The lowest BCUT2D eigenvalue weighted by Crippen LogP contribution is -2.48. The summed E-state index contributed by atoms with van der Waals surface area (Å²) in [6.45, 7) is 6.55. The van der Waals surface area contributed by atoms with Crippen molar-refractivity contribution >= 4 is 31.7 Å². The summed E-state index contributed by atoms with van der Waals surface area (Å²) in [7, 11) is 1.63. The van der Waals surface area contributed by atoms with Crippen molar-refractivity contribution < 1.29 is 22.7 Å². The van der Waals surface area contributed by atoms with Gasteiger partial charge >= 0.3 is 6.09 Å². The molecule has 132 valence electrons. The first-order valence-corrected chi connectivity index (χ1v) is 10.1. The molecule has 2 rings (SSSR count). The molecule has 2 saturated heterocycles. The molecule has 0 aliphatic carbocycles. The fraction of sp³-hybridized carbons (Fsp3) is 0.857. The van der Waals surface area contributed by atoms with Crippen molar-refractivity contribution in [2.45, 2.75) is 56.9 Å². The van der Waals surface area contributed by atoms with Crippen LogP contribution in [0.1, 0.15) is 40.0 Å². The van der Waals surface area contributed by atoms with Crippen molar-refractivity contribution in [1.29, 1.82) is 0 Å². The van der Waals surface area contributed by atoms with Gasteiger partial charge in [0.05, 0.1) is 0 Å². The van der Waals surface area contributed by atoms with Gasteiger partial charge in [-0.15, -0.1) is 0 Å². The van der Waals surface area contributed by atoms with E-state index in [0.29, 0.717) is 25.9 Å². The Bertz CT molecular complexity index is 578. The van der Waals surface area contributed by atoms with Crippen LogP contribution in [-0.4, -0.2) is 66.7 Å². The Morgan fingerprint density at radius 2 is 1.83 bits per heavy atom. The van der Waals surface area contributed by atoms with E-state index in [9.17, 15) is 18.0 Å². The minimum Gasteiger partial charge on any atom is -0.444 e. The van der Waals surface area contributed by atoms with Crippen LogP contribution in [0, 0.1) is 0 Å². The molecule has 2 fully saturated rings. The molecule has 0 bridgehead atoms. The number of halogens is 1. The van der Waals surface area contributed by atoms with E-state index in [0.717, 1.165) is 0 Å². The van der Waals surface area contributed by atoms with Gasteiger partial charge in [0, 0.05) is 42.8 Å². The lowest BCUT2D eigenvalue weighted by Gasteiger charge is -2.37. The third kappa shape index (κ3) is 4.73. The summed E-state index contributed by atoms with van der Waals surface area (Å²) in [6.07, 6.45) is 0.808. The van der Waals surface area contributed by atoms with Crippen LogP contribution in [0.2, 0.25) is 0 Å². The van der Waals surface area contributed by atoms with E-state index in [2.05, 4.69) is 0 Å². The molecule has 0 aromatic carbocycles. The van der Waals surface area contributed by atoms with Crippen molar-refractivity contribution in [3.05, 3.63) is 0 Å². The number of ether oxygens (including phenoxy) is 1. The van der Waals surface area contributed by atoms with Crippen LogP contribution >= 0.6 is 10.7 Å². The topological polar surface area (TPSA) is 84.0 Å². The molecule has 0 spiro atoms. The Hall–Kier alpha value is -1.02. The van der Waals surface area contributed by atoms with Gasteiger partial charge in [0.25, 0.3) is 0 Å². The number of hydrogen-bond donors (Lipinski definition) is 0. The number of hydrogen-bond acceptors (Lipinski definition) is 5. The van der Waals surface area contributed by atoms with Crippen LogP contribution in [-0.2, 0) is 18.6 Å². The standard InChI is InChI=1S/C14H23ClN2O5S/c1-14(2,3)22-13(19)16-6-4-10(5-7-16)17-9-11(8-12(17)18)23(15,20)21/h10-11H,4-9H2,1-3H3. The van der Waals surface area contributed by atoms with E-state index in [1.165, 1.54) is 0 Å². The highest BCUT2D eigenvalue weighted by molar-refractivity contribution is 8.14. The van der Waals surface area contributed by atoms with E-state index in [4.69, 9.17) is 15.4 Å². The fourth-order valence-electron chi connectivity index (χ4n) is 2.93. The Balaban J connectivity index is 1.90. The second-order valence-electron chi connectivity index (χ2n) is 7.05. The van der Waals surface area contributed by atoms with E-state index in [-0.39, 0.29) is 31.0 Å². The largest absolute Gasteiger partial charge is 0.444 e. The average Bonchev–Trinajstić information content (AvgIpc) is 2.79. The molecular formula is C14H23ClN2O5S. The zero-order chi connectivity index (χ0) is 17.4. The molecule has 1 unspecified atom stereocenters. The first-order chi connectivity index (χ1) is 10.5. The molecule has 0 saturated carbocycles. The van der Waals surface area contributed by atoms with Crippen LogP contribution in [0.4, 0.5) is 4.79 Å². The maximum atomic E-state index is 12.0. The van der Waals surface area contributed by atoms with Gasteiger partial charge in [0.1, 0.15) is 10.9 Å². The summed E-state index contributed by atoms with van der Waals surface area (Å²) >= 11 is 0. The average molecular weight is 367 g/mol. The lowest BCUT2D eigenvalue weighted by molar-refractivity contribution is -0.130. The monoisotopic (exact) mass is 366 g/mol. The molecule has 1 atom stereocenters. The molecule has 0 aromatic heterocycles. The maximum Gasteiger partial charge on any atom is 0.410 e. The zero-order valence-electron chi connectivity index (χ0n) is 13.6. The Labute approximate surface area is 141 Å². The summed E-state index contributed by atoms with van der Waals surface area (Å²) < 4.78 is 28.1. The highest BCUT2D eigenvalue weighted by Gasteiger charge is 2.41. The second-order valence-corrected chi connectivity index (χ2v) is 9.95. The van der Waals surface area contributed by atoms with Gasteiger partial charge in [-0.25, -0.2) is 13.2 Å². The first-order valence-electron chi connectivity index (χ1n) is 7.68. The van der Waals surface area contributed by atoms with Crippen molar-refractivity contribution in [2.24, 2.45) is 0 Å². The van der Waals surface area contributed by atoms with E-state index < -0.39 is 19.9 Å². The van der Waals surface area contributed by atoms with E-state index >= 15 is 0 Å². The highest BCUT2D eigenvalue weighted by atomic mass is 35.7. The smallest absolute Gasteiger partial charge is 0.410 e. The summed E-state index contributed by atoms with van der Waals surface area (Å²) in [5.41, 5.74) is -0.541. The van der Waals surface area contributed by atoms with Gasteiger partial charge in [-0.1, -0.05) is 0 Å². The minimum atomic E-state index is -3.73. The number of rotatable bonds is 2. The summed E-state index contributed by atoms with van der Waals surface area (Å²) in [5.74, 6) is -0.185. The molecule has 0 radical (unpaired) electrons. The van der Waals surface area contributed by atoms with Gasteiger partial charge in [-0.05, 0) is 33.6 Å². The Morgan fingerprint density at radius 3 is 2.26 bits per heavy atom. The molecule has 0 aromatic rings. The third-order valence-electron chi connectivity index (χ3n) is 4.08. The predicted molar refractivity (Wildman–Crippen MR) is 85.7 cm³/mol. The van der Waals surface area contributed by atoms with Crippen molar-refractivity contribution in [1.82, 2.24) is 9.80 Å². The van der Waals surface area contributed by atoms with Gasteiger partial charge in [0.15, 0.2) is 0 Å². The summed E-state index contributed by atoms with van der Waals surface area (Å²) in [6, 6.07) is -0.0513. The number of piperidine rings is 1. The van der Waals surface area contributed by atoms with Crippen molar-refractivity contribution in [3.8, 4) is 0 Å². The number of nitrogens with zero attached hydrogens (tertiary/aromatic N) is 2. The van der Waals surface area contributed by atoms with Crippen LogP contribution in [0.3, 0.4) is 0 Å². The molecule has 23 heavy (non-hydrogen) atoms. The highest BCUT2D eigenvalue weighted by Crippen LogP contribution is 2.27. The van der Waals surface area contributed by atoms with Crippen molar-refractivity contribution in [2.75, 3.05) is 19.6 Å². The van der Waals surface area contributed by atoms with Crippen molar-refractivity contribution in [3.63, 3.8) is 0 Å². The molecule has 9 heteroatoms. The molecule has 7 nitrogen and oxygen atoms in total. The van der Waals surface area contributed by atoms with Crippen LogP contribution in [0.5, 0.6) is 0 Å². The molecule has 0 N–H and O–H groups in total. The van der Waals surface area contributed by atoms with E-state index in [1.54, 1.807) is 9.80 Å². The van der Waals surface area contributed by atoms with Crippen LogP contribution < -0.4 is 0 Å². The second kappa shape index (κ2) is 6.47. The normalized spacial score (nSPS) is 24.2. The number of amides is 2. The van der Waals surface area contributed by atoms with Gasteiger partial charge in [-0.3, -0.25) is 4.79 Å². The summed E-state index contributed by atoms with van der Waals surface area (Å²) in [5, 5.41) is -0.833. The quantitative estimate of drug-likeness (QED) is 0.692. The lowest BCUT2D eigenvalue weighted by atomic mass is 10.0. The molecule has 2 aliphatic rings. The Morgan fingerprint density at radius 1 is 1.26 bits per heavy atom. The molecule has 2 heterocycles. The fourth-order valence-corrected chi connectivity index (χ4v) is 3.96. The number of likely N-dealkylation sites (tertiary alicyclic amines) is 2. The zero-order valence-corrected chi connectivity index (χ0v) is 15.2. The number of carbonyl (C=O) groups is 2. The minimum absolute atomic E-state index is 0.0513. The number of carbonyl (C=O) groups excluding carboxylic acids is 2. The van der Waals surface area contributed by atoms with E-state index in [1.807, 2.05) is 20.8 Å². The van der Waals surface area contributed by atoms with Gasteiger partial charge in [-0.2, -0.15) is 0 Å². The third-order valence-corrected chi connectivity index (χ3v) is 5.95. The molecular weight excluding hydrogens is 344 g/mol. The molecule has 2 aliphatic heterocycles. The Kier molecular flexibility index (Phi) is 5.15. The maximum absolute atomic E-state index is 12.0. The predicted octanol–water partition coefficient (Wildman–Crippen LogP) is 1.56. The SMILES string of the molecule is CC(C)(C)OC(=O)N1CCC(N2CC(S(=O)(=O)Cl)CC2=O)CC1.